The van der Waals surface area contributed by atoms with Crippen molar-refractivity contribution in [1.29, 1.82) is 0 Å². The third-order valence-electron chi connectivity index (χ3n) is 4.94. The van der Waals surface area contributed by atoms with Gasteiger partial charge in [0.25, 0.3) is 5.91 Å². The van der Waals surface area contributed by atoms with Gasteiger partial charge in [-0.1, -0.05) is 53.9 Å². The number of amides is 1. The topological polar surface area (TPSA) is 99.8 Å². The Bertz CT molecular complexity index is 1210. The highest BCUT2D eigenvalue weighted by molar-refractivity contribution is 8.17. The Morgan fingerprint density at radius 2 is 2.03 bits per heavy atom. The third kappa shape index (κ3) is 3.96. The molecule has 2 unspecified atom stereocenters. The summed E-state index contributed by atoms with van der Waals surface area (Å²) in [7, 11) is 0. The zero-order valence-electron chi connectivity index (χ0n) is 16.7. The molecule has 3 N–H and O–H groups in total. The minimum absolute atomic E-state index is 0.0370. The average Bonchev–Trinajstić information content (AvgIpc) is 3.43. The van der Waals surface area contributed by atoms with Crippen molar-refractivity contribution < 1.29 is 14.3 Å². The summed E-state index contributed by atoms with van der Waals surface area (Å²) in [4.78, 5) is 23.0. The summed E-state index contributed by atoms with van der Waals surface area (Å²) < 4.78 is 5.51. The maximum absolute atomic E-state index is 13.3. The van der Waals surface area contributed by atoms with Gasteiger partial charge in [-0.25, -0.2) is 9.98 Å². The Hall–Kier alpha value is -2.75. The number of nitrogens with zero attached hydrogens (tertiary/aromatic N) is 2. The first-order valence-corrected chi connectivity index (χ1v) is 11.6. The Morgan fingerprint density at radius 1 is 1.19 bits per heavy atom. The molecule has 0 radical (unpaired) electrons. The minimum atomic E-state index is -0.154. The number of aromatic nitrogens is 1. The summed E-state index contributed by atoms with van der Waals surface area (Å²) in [6.07, 6.45) is 0. The van der Waals surface area contributed by atoms with E-state index in [-0.39, 0.29) is 23.1 Å². The van der Waals surface area contributed by atoms with Gasteiger partial charge in [-0.3, -0.25) is 4.79 Å². The Morgan fingerprint density at radius 3 is 2.84 bits per heavy atom. The van der Waals surface area contributed by atoms with Crippen LogP contribution < -0.4 is 10.6 Å². The van der Waals surface area contributed by atoms with Gasteiger partial charge in [-0.2, -0.15) is 0 Å². The number of thioether (sulfide) groups is 2. The van der Waals surface area contributed by atoms with Gasteiger partial charge < -0.3 is 20.2 Å². The number of nitrogens with one attached hydrogen (secondary N) is 2. The van der Waals surface area contributed by atoms with E-state index in [4.69, 9.17) is 14.5 Å². The second-order valence-corrected chi connectivity index (χ2v) is 9.37. The van der Waals surface area contributed by atoms with Crippen molar-refractivity contribution in [3.63, 3.8) is 0 Å². The van der Waals surface area contributed by atoms with Crippen molar-refractivity contribution in [3.05, 3.63) is 64.9 Å². The molecule has 1 aromatic heterocycles. The summed E-state index contributed by atoms with van der Waals surface area (Å²) in [6.45, 7) is 2.30. The molecule has 1 amide bonds. The molecular formula is C22H20N4O3S2. The molecular weight excluding hydrogens is 432 g/mol. The molecule has 2 aliphatic rings. The number of carbonyl (C=O) groups is 1. The first-order valence-electron chi connectivity index (χ1n) is 9.86. The molecule has 2 atom stereocenters. The molecule has 2 aromatic carbocycles. The minimum Gasteiger partial charge on any atom is -0.441 e. The SMILES string of the molecule is Cc1nc2cc(NC(=O)C3=C(c4ccccc4)C4SC(NCCO)=NC4S3)ccc2o1. The molecule has 0 saturated carbocycles. The van der Waals surface area contributed by atoms with Gasteiger partial charge in [0.2, 0.25) is 0 Å². The number of hydrogen-bond donors (Lipinski definition) is 3. The van der Waals surface area contributed by atoms with Crippen LogP contribution in [-0.4, -0.2) is 44.9 Å². The largest absolute Gasteiger partial charge is 0.441 e. The number of rotatable bonds is 5. The van der Waals surface area contributed by atoms with Gasteiger partial charge in [0.15, 0.2) is 16.6 Å². The van der Waals surface area contributed by atoms with Gasteiger partial charge in [0.1, 0.15) is 10.9 Å². The Balaban J connectivity index is 1.44. The molecule has 5 rings (SSSR count). The average molecular weight is 453 g/mol. The van der Waals surface area contributed by atoms with Crippen LogP contribution >= 0.6 is 23.5 Å². The molecule has 0 spiro atoms. The number of anilines is 1. The molecule has 158 valence electrons. The van der Waals surface area contributed by atoms with Crippen molar-refractivity contribution in [1.82, 2.24) is 10.3 Å². The number of fused-ring (bicyclic) bond motifs is 2. The predicted molar refractivity (Wildman–Crippen MR) is 126 cm³/mol. The lowest BCUT2D eigenvalue weighted by molar-refractivity contribution is -0.112. The summed E-state index contributed by atoms with van der Waals surface area (Å²) >= 11 is 3.08. The highest BCUT2D eigenvalue weighted by Gasteiger charge is 2.43. The van der Waals surface area contributed by atoms with Crippen molar-refractivity contribution in [2.24, 2.45) is 4.99 Å². The molecule has 0 saturated heterocycles. The molecule has 3 heterocycles. The summed E-state index contributed by atoms with van der Waals surface area (Å²) in [6, 6.07) is 15.4. The number of oxazole rings is 1. The van der Waals surface area contributed by atoms with Crippen molar-refractivity contribution >= 4 is 57.0 Å². The maximum atomic E-state index is 13.3. The molecule has 9 heteroatoms. The van der Waals surface area contributed by atoms with Crippen LogP contribution in [0.3, 0.4) is 0 Å². The second-order valence-electron chi connectivity index (χ2n) is 7.11. The zero-order chi connectivity index (χ0) is 21.4. The van der Waals surface area contributed by atoms with Gasteiger partial charge in [-0.05, 0) is 29.3 Å². The van der Waals surface area contributed by atoms with E-state index >= 15 is 0 Å². The van der Waals surface area contributed by atoms with E-state index in [9.17, 15) is 4.79 Å². The summed E-state index contributed by atoms with van der Waals surface area (Å²) in [5.74, 6) is 0.436. The van der Waals surface area contributed by atoms with E-state index < -0.39 is 0 Å². The van der Waals surface area contributed by atoms with Crippen LogP contribution in [0.5, 0.6) is 0 Å². The molecule has 3 aromatic rings. The maximum Gasteiger partial charge on any atom is 0.262 e. The van der Waals surface area contributed by atoms with Crippen LogP contribution in [0, 0.1) is 6.92 Å². The number of aliphatic hydroxyl groups is 1. The lowest BCUT2D eigenvalue weighted by Gasteiger charge is -2.13. The van der Waals surface area contributed by atoms with Gasteiger partial charge in [-0.15, -0.1) is 0 Å². The fourth-order valence-electron chi connectivity index (χ4n) is 3.64. The lowest BCUT2D eigenvalue weighted by atomic mass is 10.0. The van der Waals surface area contributed by atoms with Crippen molar-refractivity contribution in [2.75, 3.05) is 18.5 Å². The van der Waals surface area contributed by atoms with E-state index in [1.165, 1.54) is 11.8 Å². The highest BCUT2D eigenvalue weighted by atomic mass is 32.2. The van der Waals surface area contributed by atoms with Crippen LogP contribution in [0.1, 0.15) is 11.5 Å². The van der Waals surface area contributed by atoms with Crippen LogP contribution in [0.2, 0.25) is 0 Å². The first kappa shape index (κ1) is 20.2. The van der Waals surface area contributed by atoms with Crippen molar-refractivity contribution in [3.8, 4) is 0 Å². The number of aryl methyl sites for hydroxylation is 1. The molecule has 31 heavy (non-hydrogen) atoms. The van der Waals surface area contributed by atoms with E-state index in [0.717, 1.165) is 16.3 Å². The molecule has 0 bridgehead atoms. The van der Waals surface area contributed by atoms with E-state index in [1.54, 1.807) is 18.7 Å². The highest BCUT2D eigenvalue weighted by Crippen LogP contribution is 2.52. The molecule has 0 aliphatic carbocycles. The van der Waals surface area contributed by atoms with E-state index in [0.29, 0.717) is 34.1 Å². The van der Waals surface area contributed by atoms with Crippen molar-refractivity contribution in [2.45, 2.75) is 17.5 Å². The molecule has 2 aliphatic heterocycles. The van der Waals surface area contributed by atoms with Crippen LogP contribution in [-0.2, 0) is 4.79 Å². The number of aliphatic hydroxyl groups excluding tert-OH is 1. The second kappa shape index (κ2) is 8.41. The summed E-state index contributed by atoms with van der Waals surface area (Å²) in [5.41, 5.74) is 4.08. The number of aliphatic imine (C=N–C) groups is 1. The zero-order valence-corrected chi connectivity index (χ0v) is 18.3. The molecule has 0 fully saturated rings. The lowest BCUT2D eigenvalue weighted by Crippen LogP contribution is -2.23. The fraction of sp³-hybridized carbons (Fsp3) is 0.227. The Kier molecular flexibility index (Phi) is 5.47. The standard InChI is InChI=1S/C22H20N4O3S2/c1-12-24-15-11-14(7-8-16(15)29-12)25-20(28)18-17(13-5-3-2-4-6-13)19-21(30-18)26-22(31-19)23-9-10-27/h2-8,11,19,21,27H,9-10H2,1H3,(H,23,26)(H,25,28). The first-order chi connectivity index (χ1) is 15.1. The normalized spacial score (nSPS) is 20.1. The van der Waals surface area contributed by atoms with E-state index in [2.05, 4.69) is 15.6 Å². The van der Waals surface area contributed by atoms with Crippen LogP contribution in [0.15, 0.2) is 62.8 Å². The monoisotopic (exact) mass is 452 g/mol. The van der Waals surface area contributed by atoms with Gasteiger partial charge in [0.05, 0.1) is 16.8 Å². The predicted octanol–water partition coefficient (Wildman–Crippen LogP) is 3.61. The van der Waals surface area contributed by atoms with Gasteiger partial charge in [0, 0.05) is 19.2 Å². The number of amidine groups is 1. The number of carbonyl (C=O) groups excluding carboxylic acids is 1. The smallest absolute Gasteiger partial charge is 0.262 e. The quantitative estimate of drug-likeness (QED) is 0.544. The Labute approximate surface area is 187 Å². The third-order valence-corrected chi connectivity index (χ3v) is 7.59. The van der Waals surface area contributed by atoms with E-state index in [1.807, 2.05) is 48.5 Å². The molecule has 7 nitrogen and oxygen atoms in total. The number of benzene rings is 2. The fourth-order valence-corrected chi connectivity index (χ4v) is 6.46. The summed E-state index contributed by atoms with van der Waals surface area (Å²) in [5, 5.41) is 16.0. The number of hydrogen-bond acceptors (Lipinski definition) is 8. The van der Waals surface area contributed by atoms with Gasteiger partial charge >= 0.3 is 0 Å². The van der Waals surface area contributed by atoms with Crippen LogP contribution in [0.25, 0.3) is 16.7 Å². The van der Waals surface area contributed by atoms with Crippen LogP contribution in [0.4, 0.5) is 5.69 Å².